The van der Waals surface area contributed by atoms with Crippen molar-refractivity contribution >= 4 is 18.2 Å². The number of hydrogen-bond donors (Lipinski definition) is 2. The van der Waals surface area contributed by atoms with Gasteiger partial charge in [-0.05, 0) is 50.7 Å². The molecule has 37 heavy (non-hydrogen) atoms. The molecule has 1 saturated carbocycles. The van der Waals surface area contributed by atoms with E-state index in [0.717, 1.165) is 24.1 Å². The number of methoxy groups -OCH3 is 2. The summed E-state index contributed by atoms with van der Waals surface area (Å²) in [6.07, 6.45) is 7.46. The molecule has 2 aliphatic heterocycles. The van der Waals surface area contributed by atoms with Crippen LogP contribution in [0.4, 0.5) is 4.79 Å². The quantitative estimate of drug-likeness (QED) is 0.252. The van der Waals surface area contributed by atoms with E-state index in [1.54, 1.807) is 24.0 Å². The number of hydrogen-bond acceptors (Lipinski definition) is 6. The number of carbonyl (C=O) groups is 2. The summed E-state index contributed by atoms with van der Waals surface area (Å²) in [5, 5.41) is 17.4. The Kier molecular flexibility index (Phi) is 8.11. The van der Waals surface area contributed by atoms with E-state index >= 15 is 0 Å². The van der Waals surface area contributed by atoms with Crippen molar-refractivity contribution in [3.63, 3.8) is 0 Å². The van der Waals surface area contributed by atoms with Gasteiger partial charge in [-0.1, -0.05) is 18.6 Å². The number of rotatable bonds is 5. The molecule has 1 saturated heterocycles. The fourth-order valence-electron chi connectivity index (χ4n) is 6.23. The number of allylic oxidation sites excluding steroid dienone is 4. The molecule has 202 valence electrons. The van der Waals surface area contributed by atoms with Gasteiger partial charge in [0.25, 0.3) is 5.91 Å². The van der Waals surface area contributed by atoms with Gasteiger partial charge in [0.2, 0.25) is 0 Å². The second-order valence-electron chi connectivity index (χ2n) is 10.3. The van der Waals surface area contributed by atoms with Gasteiger partial charge in [-0.2, -0.15) is 0 Å². The molecule has 4 aliphatic rings. The predicted molar refractivity (Wildman–Crippen MR) is 141 cm³/mol. The molecule has 0 aromatic rings. The number of carbonyl (C=O) groups excluding carboxylic acids is 2. The van der Waals surface area contributed by atoms with E-state index in [2.05, 4.69) is 19.1 Å². The van der Waals surface area contributed by atoms with Crippen LogP contribution in [0, 0.1) is 23.2 Å². The zero-order valence-corrected chi connectivity index (χ0v) is 22.6. The third-order valence-corrected chi connectivity index (χ3v) is 8.17. The normalized spacial score (nSPS) is 29.0. The lowest BCUT2D eigenvalue weighted by atomic mass is 9.90. The van der Waals surface area contributed by atoms with E-state index in [-0.39, 0.29) is 47.1 Å². The van der Waals surface area contributed by atoms with E-state index < -0.39 is 0 Å². The van der Waals surface area contributed by atoms with Crippen molar-refractivity contribution in [2.45, 2.75) is 46.1 Å². The molecule has 0 bridgehead atoms. The Bertz CT molecular complexity index is 1070. The zero-order valence-electron chi connectivity index (χ0n) is 22.6. The second kappa shape index (κ2) is 11.1. The number of likely N-dealkylation sites (N-methyl/N-ethyl adjacent to an activating group) is 1. The highest BCUT2D eigenvalue weighted by Gasteiger charge is 2.58. The van der Waals surface area contributed by atoms with Crippen LogP contribution in [0.25, 0.3) is 0 Å². The zero-order chi connectivity index (χ0) is 26.9. The van der Waals surface area contributed by atoms with Crippen LogP contribution in [-0.2, 0) is 14.3 Å². The average Bonchev–Trinajstić information content (AvgIpc) is 3.62. The Morgan fingerprint density at radius 3 is 2.62 bits per heavy atom. The van der Waals surface area contributed by atoms with Gasteiger partial charge in [-0.25, -0.2) is 4.79 Å². The molecular formula is C28H40N4O5. The highest BCUT2D eigenvalue weighted by atomic mass is 16.5. The molecule has 0 radical (unpaired) electrons. The van der Waals surface area contributed by atoms with Gasteiger partial charge in [0.15, 0.2) is 0 Å². The molecule has 4 atom stereocenters. The summed E-state index contributed by atoms with van der Waals surface area (Å²) in [5.41, 5.74) is 3.60. The van der Waals surface area contributed by atoms with E-state index in [0.29, 0.717) is 45.6 Å². The minimum absolute atomic E-state index is 0.0153. The lowest BCUT2D eigenvalue weighted by molar-refractivity contribution is -0.127. The first-order valence-corrected chi connectivity index (χ1v) is 13.2. The van der Waals surface area contributed by atoms with Crippen LogP contribution in [0.5, 0.6) is 0 Å². The van der Waals surface area contributed by atoms with Crippen molar-refractivity contribution in [1.29, 1.82) is 5.41 Å². The third-order valence-electron chi connectivity index (χ3n) is 8.17. The Labute approximate surface area is 219 Å². The molecular weight excluding hydrogens is 472 g/mol. The van der Waals surface area contributed by atoms with Crippen molar-refractivity contribution in [2.24, 2.45) is 17.8 Å². The summed E-state index contributed by atoms with van der Waals surface area (Å²) in [4.78, 5) is 32.3. The van der Waals surface area contributed by atoms with Crippen LogP contribution < -0.4 is 0 Å². The molecule has 2 fully saturated rings. The van der Waals surface area contributed by atoms with Crippen molar-refractivity contribution in [2.75, 3.05) is 46.9 Å². The summed E-state index contributed by atoms with van der Waals surface area (Å²) < 4.78 is 11.5. The van der Waals surface area contributed by atoms with E-state index in [1.165, 1.54) is 18.1 Å². The topological polar surface area (TPSA) is 106 Å². The lowest BCUT2D eigenvalue weighted by Gasteiger charge is -2.35. The number of fused-ring (bicyclic) bond motifs is 3. The Morgan fingerprint density at radius 2 is 2.00 bits per heavy atom. The summed E-state index contributed by atoms with van der Waals surface area (Å²) in [7, 11) is 3.47. The fraction of sp³-hybridized carbons (Fsp3) is 0.607. The molecule has 0 spiro atoms. The lowest BCUT2D eigenvalue weighted by Crippen LogP contribution is -2.48. The van der Waals surface area contributed by atoms with Crippen LogP contribution in [0.1, 0.15) is 40.0 Å². The van der Waals surface area contributed by atoms with Crippen molar-refractivity contribution in [1.82, 2.24) is 14.7 Å². The van der Waals surface area contributed by atoms with Gasteiger partial charge >= 0.3 is 6.03 Å². The molecule has 2 aliphatic carbocycles. The number of aliphatic hydroxyl groups is 1. The summed E-state index contributed by atoms with van der Waals surface area (Å²) >= 11 is 0. The maximum Gasteiger partial charge on any atom is 0.324 e. The van der Waals surface area contributed by atoms with Gasteiger partial charge in [-0.15, -0.1) is 0 Å². The second-order valence-corrected chi connectivity index (χ2v) is 10.3. The van der Waals surface area contributed by atoms with Crippen LogP contribution in [0.15, 0.2) is 46.1 Å². The molecule has 2 heterocycles. The first-order valence-electron chi connectivity index (χ1n) is 13.2. The third kappa shape index (κ3) is 5.06. The molecule has 3 amide bonds. The first-order chi connectivity index (χ1) is 17.8. The monoisotopic (exact) mass is 512 g/mol. The van der Waals surface area contributed by atoms with Gasteiger partial charge in [0.1, 0.15) is 5.76 Å². The van der Waals surface area contributed by atoms with Crippen molar-refractivity contribution < 1.29 is 24.2 Å². The van der Waals surface area contributed by atoms with E-state index in [9.17, 15) is 14.7 Å². The van der Waals surface area contributed by atoms with Crippen molar-refractivity contribution in [3.05, 3.63) is 46.1 Å². The number of amides is 3. The molecule has 0 aromatic carbocycles. The maximum atomic E-state index is 13.9. The largest absolute Gasteiger partial charge is 0.512 e. The summed E-state index contributed by atoms with van der Waals surface area (Å²) in [6.45, 7) is 7.83. The van der Waals surface area contributed by atoms with Gasteiger partial charge in [0.05, 0.1) is 30.5 Å². The van der Waals surface area contributed by atoms with Crippen LogP contribution in [0.2, 0.25) is 0 Å². The number of aliphatic hydroxyl groups excluding tert-OH is 1. The minimum Gasteiger partial charge on any atom is -0.512 e. The molecule has 2 N–H and O–H groups in total. The number of nitrogens with one attached hydrogen (secondary N) is 1. The number of ether oxygens (including phenoxy) is 2. The molecule has 4 rings (SSSR count). The first kappa shape index (κ1) is 27.0. The summed E-state index contributed by atoms with van der Waals surface area (Å²) in [6, 6.07) is -0.0546. The van der Waals surface area contributed by atoms with Gasteiger partial charge < -0.3 is 29.8 Å². The minimum atomic E-state index is -0.376. The standard InChI is InChI=1S/C28H40N4O5/c1-6-30-12-13-31(27(34)21(15-29)18(3)33)11-7-8-20-14-17(2)23-19(16-32(20)28(30)35)9-10-22(36-4)24-25(23)26(24)37-5/h10,14-15,17,24-26,29,33H,6-9,11-13,16H2,1-5H3/b21-18+,29-15?/t17-,24?,25?,26?/m0/s1. The number of nitrogens with zero attached hydrogens (tertiary/aromatic N) is 3. The molecule has 0 aromatic heterocycles. The van der Waals surface area contributed by atoms with Crippen LogP contribution >= 0.6 is 0 Å². The van der Waals surface area contributed by atoms with Crippen LogP contribution in [0.3, 0.4) is 0 Å². The number of urea groups is 1. The maximum absolute atomic E-state index is 13.9. The molecule has 9 heteroatoms. The Hall–Kier alpha value is -3.07. The summed E-state index contributed by atoms with van der Waals surface area (Å²) in [5.74, 6) is 1.07. The Balaban J connectivity index is 1.64. The highest BCUT2D eigenvalue weighted by molar-refractivity contribution is 6.11. The predicted octanol–water partition coefficient (Wildman–Crippen LogP) is 3.86. The van der Waals surface area contributed by atoms with Crippen molar-refractivity contribution in [3.8, 4) is 0 Å². The highest BCUT2D eigenvalue weighted by Crippen LogP contribution is 2.56. The van der Waals surface area contributed by atoms with Gasteiger partial charge in [0, 0.05) is 57.7 Å². The Morgan fingerprint density at radius 1 is 1.24 bits per heavy atom. The SMILES string of the molecule is CCN1CCN(C(=O)/C(C=N)=C(\C)O)CCCC2=C[C@H](C)C3=C(CC=C(OC)C4C(OC)C34)CN2C1=O. The van der Waals surface area contributed by atoms with E-state index in [1.807, 2.05) is 11.8 Å². The van der Waals surface area contributed by atoms with Gasteiger partial charge in [-0.3, -0.25) is 9.69 Å². The van der Waals surface area contributed by atoms with Crippen LogP contribution in [-0.4, -0.2) is 91.0 Å². The molecule has 3 unspecified atom stereocenters. The van der Waals surface area contributed by atoms with E-state index in [4.69, 9.17) is 14.9 Å². The smallest absolute Gasteiger partial charge is 0.324 e. The average molecular weight is 513 g/mol. The fourth-order valence-corrected chi connectivity index (χ4v) is 6.23. The molecule has 9 nitrogen and oxygen atoms in total.